The summed E-state index contributed by atoms with van der Waals surface area (Å²) in [5.41, 5.74) is 0.711. The number of amides is 1. The van der Waals surface area contributed by atoms with E-state index in [0.29, 0.717) is 41.5 Å². The lowest BCUT2D eigenvalue weighted by atomic mass is 10.2. The van der Waals surface area contributed by atoms with E-state index < -0.39 is 6.09 Å². The highest BCUT2D eigenvalue weighted by Crippen LogP contribution is 2.35. The first kappa shape index (κ1) is 21.4. The van der Waals surface area contributed by atoms with Gasteiger partial charge in [-0.2, -0.15) is 0 Å². The van der Waals surface area contributed by atoms with Gasteiger partial charge >= 0.3 is 6.09 Å². The lowest BCUT2D eigenvalue weighted by molar-refractivity contribution is 0.210. The third-order valence-electron chi connectivity index (χ3n) is 3.43. The van der Waals surface area contributed by atoms with Gasteiger partial charge in [-0.05, 0) is 54.6 Å². The van der Waals surface area contributed by atoms with Crippen LogP contribution in [0.2, 0.25) is 30.1 Å². The van der Waals surface area contributed by atoms with E-state index in [4.69, 9.17) is 74.3 Å². The first-order valence-electron chi connectivity index (χ1n) is 7.61. The summed E-state index contributed by atoms with van der Waals surface area (Å²) in [7, 11) is 0. The number of benzene rings is 3. The Morgan fingerprint density at radius 3 is 1.25 bits per heavy atom. The Morgan fingerprint density at radius 1 is 0.571 bits per heavy atom. The number of halogens is 6. The van der Waals surface area contributed by atoms with Gasteiger partial charge < -0.3 is 4.74 Å². The highest BCUT2D eigenvalue weighted by molar-refractivity contribution is 6.36. The van der Waals surface area contributed by atoms with Crippen LogP contribution in [0.5, 0.6) is 5.75 Å². The molecule has 0 fully saturated rings. The number of hydrogen-bond acceptors (Lipinski definition) is 2. The molecule has 0 aliphatic rings. The molecule has 0 bridgehead atoms. The number of hydrogen-bond donors (Lipinski definition) is 0. The fraction of sp³-hybridized carbons (Fsp3) is 0. The second-order valence-corrected chi connectivity index (χ2v) is 8.18. The van der Waals surface area contributed by atoms with Gasteiger partial charge in [0, 0.05) is 30.1 Å². The Morgan fingerprint density at radius 2 is 0.893 bits per heavy atom. The van der Waals surface area contributed by atoms with Gasteiger partial charge in [0.15, 0.2) is 0 Å². The summed E-state index contributed by atoms with van der Waals surface area (Å²) < 4.78 is 5.45. The fourth-order valence-corrected chi connectivity index (χ4v) is 3.97. The molecule has 0 unspecified atom stereocenters. The summed E-state index contributed by atoms with van der Waals surface area (Å²) in [5.74, 6) is 0.161. The molecule has 0 saturated carbocycles. The summed E-state index contributed by atoms with van der Waals surface area (Å²) in [6.07, 6.45) is -0.769. The van der Waals surface area contributed by atoms with Crippen LogP contribution in [-0.2, 0) is 0 Å². The molecule has 3 nitrogen and oxygen atoms in total. The number of rotatable bonds is 3. The van der Waals surface area contributed by atoms with Crippen LogP contribution in [0, 0.1) is 0 Å². The van der Waals surface area contributed by atoms with Crippen LogP contribution in [-0.4, -0.2) is 6.09 Å². The number of nitrogens with zero attached hydrogens (tertiary/aromatic N) is 1. The maximum absolute atomic E-state index is 13.0. The standard InChI is InChI=1S/C19H9Cl6NO2/c20-10-1-11(21)5-16(4-10)26(17-6-12(22)2-13(23)7-17)19(27)28-18-8-14(24)3-15(25)9-18/h1-9H. The predicted molar refractivity (Wildman–Crippen MR) is 118 cm³/mol. The van der Waals surface area contributed by atoms with Crippen molar-refractivity contribution in [1.29, 1.82) is 0 Å². The van der Waals surface area contributed by atoms with Crippen LogP contribution < -0.4 is 9.64 Å². The summed E-state index contributed by atoms with van der Waals surface area (Å²) in [4.78, 5) is 14.3. The minimum atomic E-state index is -0.769. The monoisotopic (exact) mass is 493 g/mol. The third kappa shape index (κ3) is 5.38. The van der Waals surface area contributed by atoms with Crippen LogP contribution in [0.15, 0.2) is 54.6 Å². The zero-order chi connectivity index (χ0) is 20.4. The summed E-state index contributed by atoms with van der Waals surface area (Å²) in [6, 6.07) is 13.7. The van der Waals surface area contributed by atoms with Crippen LogP contribution in [0.1, 0.15) is 0 Å². The summed E-state index contributed by atoms with van der Waals surface area (Å²) in [5, 5.41) is 1.97. The molecule has 3 rings (SSSR count). The molecule has 0 aromatic heterocycles. The molecule has 0 radical (unpaired) electrons. The van der Waals surface area contributed by atoms with Gasteiger partial charge in [0.1, 0.15) is 5.75 Å². The van der Waals surface area contributed by atoms with E-state index >= 15 is 0 Å². The Bertz CT molecular complexity index is 944. The highest BCUT2D eigenvalue weighted by atomic mass is 35.5. The maximum Gasteiger partial charge on any atom is 0.424 e. The normalized spacial score (nSPS) is 10.6. The number of ether oxygens (including phenoxy) is 1. The molecular formula is C19H9Cl6NO2. The van der Waals surface area contributed by atoms with Gasteiger partial charge in [-0.3, -0.25) is 0 Å². The minimum Gasteiger partial charge on any atom is -0.410 e. The van der Waals surface area contributed by atoms with Gasteiger partial charge in [0.2, 0.25) is 0 Å². The molecule has 28 heavy (non-hydrogen) atoms. The Kier molecular flexibility index (Phi) is 6.87. The average Bonchev–Trinajstić information content (AvgIpc) is 2.51. The van der Waals surface area contributed by atoms with Crippen LogP contribution in [0.3, 0.4) is 0 Å². The van der Waals surface area contributed by atoms with Crippen LogP contribution in [0.4, 0.5) is 16.2 Å². The Balaban J connectivity index is 2.08. The molecular weight excluding hydrogens is 487 g/mol. The quantitative estimate of drug-likeness (QED) is 0.363. The van der Waals surface area contributed by atoms with Crippen molar-refractivity contribution in [3.63, 3.8) is 0 Å². The zero-order valence-electron chi connectivity index (χ0n) is 13.7. The largest absolute Gasteiger partial charge is 0.424 e. The lowest BCUT2D eigenvalue weighted by Crippen LogP contribution is -2.29. The van der Waals surface area contributed by atoms with Crippen LogP contribution in [0.25, 0.3) is 0 Å². The molecule has 0 N–H and O–H groups in total. The molecule has 0 atom stereocenters. The van der Waals surface area contributed by atoms with E-state index in [0.717, 1.165) is 0 Å². The average molecular weight is 496 g/mol. The fourth-order valence-electron chi connectivity index (χ4n) is 2.43. The van der Waals surface area contributed by atoms with Crippen LogP contribution >= 0.6 is 69.6 Å². The van der Waals surface area contributed by atoms with Crippen molar-refractivity contribution in [3.8, 4) is 5.75 Å². The number of carbonyl (C=O) groups excluding carboxylic acids is 1. The van der Waals surface area contributed by atoms with E-state index in [2.05, 4.69) is 0 Å². The van der Waals surface area contributed by atoms with Gasteiger partial charge in [0.05, 0.1) is 11.4 Å². The Hall–Kier alpha value is -1.33. The Labute approximate surface area is 191 Å². The number of anilines is 2. The molecule has 3 aromatic carbocycles. The van der Waals surface area contributed by atoms with Crippen molar-refractivity contribution in [3.05, 3.63) is 84.7 Å². The van der Waals surface area contributed by atoms with E-state index in [1.807, 2.05) is 0 Å². The van der Waals surface area contributed by atoms with E-state index in [1.165, 1.54) is 35.2 Å². The third-order valence-corrected chi connectivity index (χ3v) is 4.74. The zero-order valence-corrected chi connectivity index (χ0v) is 18.3. The molecule has 0 aliphatic carbocycles. The molecule has 1 amide bonds. The van der Waals surface area contributed by atoms with Gasteiger partial charge in [0.25, 0.3) is 0 Å². The van der Waals surface area contributed by atoms with Gasteiger partial charge in [-0.15, -0.1) is 0 Å². The van der Waals surface area contributed by atoms with E-state index in [1.54, 1.807) is 24.3 Å². The predicted octanol–water partition coefficient (Wildman–Crippen LogP) is 8.94. The van der Waals surface area contributed by atoms with Crippen molar-refractivity contribution in [2.75, 3.05) is 4.90 Å². The molecule has 3 aromatic rings. The van der Waals surface area contributed by atoms with Crippen molar-refractivity contribution in [2.24, 2.45) is 0 Å². The van der Waals surface area contributed by atoms with Crippen molar-refractivity contribution in [2.45, 2.75) is 0 Å². The van der Waals surface area contributed by atoms with Crippen molar-refractivity contribution >= 4 is 87.1 Å². The molecule has 0 saturated heterocycles. The molecule has 0 aliphatic heterocycles. The van der Waals surface area contributed by atoms with Gasteiger partial charge in [-0.25, -0.2) is 9.69 Å². The maximum atomic E-state index is 13.0. The smallest absolute Gasteiger partial charge is 0.410 e. The molecule has 0 heterocycles. The summed E-state index contributed by atoms with van der Waals surface area (Å²) >= 11 is 36.3. The second-order valence-electron chi connectivity index (χ2n) is 5.56. The van der Waals surface area contributed by atoms with Crippen molar-refractivity contribution in [1.82, 2.24) is 0 Å². The summed E-state index contributed by atoms with van der Waals surface area (Å²) in [6.45, 7) is 0. The molecule has 9 heteroatoms. The lowest BCUT2D eigenvalue weighted by Gasteiger charge is -2.23. The van der Waals surface area contributed by atoms with E-state index in [-0.39, 0.29) is 5.75 Å². The highest BCUT2D eigenvalue weighted by Gasteiger charge is 2.23. The van der Waals surface area contributed by atoms with E-state index in [9.17, 15) is 4.79 Å². The minimum absolute atomic E-state index is 0.161. The first-order chi connectivity index (χ1) is 13.2. The molecule has 0 spiro atoms. The SMILES string of the molecule is O=C(Oc1cc(Cl)cc(Cl)c1)N(c1cc(Cl)cc(Cl)c1)c1cc(Cl)cc(Cl)c1. The number of carbonyl (C=O) groups is 1. The molecule has 144 valence electrons. The van der Waals surface area contributed by atoms with Gasteiger partial charge in [-0.1, -0.05) is 69.6 Å². The van der Waals surface area contributed by atoms with Crippen molar-refractivity contribution < 1.29 is 9.53 Å². The topological polar surface area (TPSA) is 29.5 Å². The second kappa shape index (κ2) is 9.00. The first-order valence-corrected chi connectivity index (χ1v) is 9.88.